The first-order valence-corrected chi connectivity index (χ1v) is 9.22. The van der Waals surface area contributed by atoms with E-state index in [0.717, 1.165) is 11.3 Å². The Balaban J connectivity index is 1.97. The van der Waals surface area contributed by atoms with Gasteiger partial charge >= 0.3 is 0 Å². The Kier molecular flexibility index (Phi) is 4.12. The number of thioether (sulfide) groups is 1. The Morgan fingerprint density at radius 1 is 1.19 bits per heavy atom. The van der Waals surface area contributed by atoms with Crippen molar-refractivity contribution in [2.45, 2.75) is 25.2 Å². The first-order valence-electron chi connectivity index (χ1n) is 7.99. The van der Waals surface area contributed by atoms with Crippen LogP contribution < -0.4 is 9.64 Å². The van der Waals surface area contributed by atoms with E-state index in [9.17, 15) is 4.79 Å². The van der Waals surface area contributed by atoms with E-state index in [4.69, 9.17) is 9.15 Å². The Morgan fingerprint density at radius 2 is 2.00 bits per heavy atom. The lowest BCUT2D eigenvalue weighted by Crippen LogP contribution is -2.35. The number of nitrogens with zero attached hydrogens (tertiary/aromatic N) is 4. The van der Waals surface area contributed by atoms with E-state index in [2.05, 4.69) is 15.2 Å². The molecule has 3 heterocycles. The molecule has 0 fully saturated rings. The molecule has 0 saturated carbocycles. The quantitative estimate of drug-likeness (QED) is 0.639. The van der Waals surface area contributed by atoms with Crippen molar-refractivity contribution in [2.24, 2.45) is 0 Å². The third-order valence-electron chi connectivity index (χ3n) is 4.04. The molecule has 1 aliphatic rings. The number of carbonyl (C=O) groups is 1. The molecule has 1 aliphatic heterocycles. The Labute approximate surface area is 154 Å². The number of carbonyl (C=O) groups excluding carboxylic acids is 1. The summed E-state index contributed by atoms with van der Waals surface area (Å²) in [4.78, 5) is 18.5. The van der Waals surface area contributed by atoms with Gasteiger partial charge in [-0.2, -0.15) is 4.98 Å². The van der Waals surface area contributed by atoms with Crippen LogP contribution >= 0.6 is 11.8 Å². The van der Waals surface area contributed by atoms with Gasteiger partial charge in [0.25, 0.3) is 0 Å². The second-order valence-electron chi connectivity index (χ2n) is 5.78. The van der Waals surface area contributed by atoms with Gasteiger partial charge in [0.2, 0.25) is 23.2 Å². The fraction of sp³-hybridized carbons (Fsp3) is 0.222. The van der Waals surface area contributed by atoms with Crippen LogP contribution in [0.2, 0.25) is 0 Å². The molecule has 0 saturated heterocycles. The van der Waals surface area contributed by atoms with Gasteiger partial charge in [-0.25, -0.2) is 0 Å². The third kappa shape index (κ3) is 2.72. The number of furan rings is 1. The van der Waals surface area contributed by atoms with E-state index >= 15 is 0 Å². The van der Waals surface area contributed by atoms with Gasteiger partial charge in [-0.15, -0.1) is 10.2 Å². The lowest BCUT2D eigenvalue weighted by Gasteiger charge is -2.28. The molecule has 0 bridgehead atoms. The van der Waals surface area contributed by atoms with Gasteiger partial charge in [0, 0.05) is 12.5 Å². The van der Waals surface area contributed by atoms with Crippen molar-refractivity contribution < 1.29 is 13.9 Å². The maximum absolute atomic E-state index is 12.5. The number of aryl methyl sites for hydroxylation is 1. The van der Waals surface area contributed by atoms with Crippen molar-refractivity contribution in [2.75, 3.05) is 11.2 Å². The van der Waals surface area contributed by atoms with Crippen LogP contribution in [0.1, 0.15) is 24.7 Å². The summed E-state index contributed by atoms with van der Waals surface area (Å²) >= 11 is 1.37. The molecule has 4 rings (SSSR count). The predicted molar refractivity (Wildman–Crippen MR) is 97.0 cm³/mol. The van der Waals surface area contributed by atoms with Crippen LogP contribution in [0.4, 0.5) is 5.69 Å². The average molecular weight is 368 g/mol. The van der Waals surface area contributed by atoms with Crippen LogP contribution in [-0.4, -0.2) is 27.3 Å². The van der Waals surface area contributed by atoms with Gasteiger partial charge in [-0.05, 0) is 31.4 Å². The maximum atomic E-state index is 12.5. The van der Waals surface area contributed by atoms with E-state index in [1.165, 1.54) is 18.7 Å². The van der Waals surface area contributed by atoms with Gasteiger partial charge in [-0.3, -0.25) is 9.69 Å². The molecule has 0 radical (unpaired) electrons. The summed E-state index contributed by atoms with van der Waals surface area (Å²) in [5.41, 5.74) is 1.90. The molecule has 132 valence electrons. The minimum Gasteiger partial charge on any atom is -0.460 e. The van der Waals surface area contributed by atoms with Crippen LogP contribution in [0.15, 0.2) is 46.0 Å². The Bertz CT molecular complexity index is 988. The summed E-state index contributed by atoms with van der Waals surface area (Å²) in [5.74, 6) is 1.39. The smallest absolute Gasteiger partial charge is 0.247 e. The number of para-hydroxylation sites is 1. The van der Waals surface area contributed by atoms with Crippen LogP contribution in [0, 0.1) is 6.92 Å². The summed E-state index contributed by atoms with van der Waals surface area (Å²) in [6, 6.07) is 11.1. The van der Waals surface area contributed by atoms with Crippen LogP contribution in [0.5, 0.6) is 5.88 Å². The summed E-state index contributed by atoms with van der Waals surface area (Å²) < 4.78 is 11.9. The van der Waals surface area contributed by atoms with Crippen molar-refractivity contribution >= 4 is 23.4 Å². The zero-order valence-corrected chi connectivity index (χ0v) is 15.3. The van der Waals surface area contributed by atoms with Gasteiger partial charge in [-0.1, -0.05) is 30.0 Å². The summed E-state index contributed by atoms with van der Waals surface area (Å²) in [7, 11) is 0. The Morgan fingerprint density at radius 3 is 2.69 bits per heavy atom. The first kappa shape index (κ1) is 16.6. The number of hydrogen-bond acceptors (Lipinski definition) is 7. The fourth-order valence-electron chi connectivity index (χ4n) is 2.91. The fourth-order valence-corrected chi connectivity index (χ4v) is 3.21. The topological polar surface area (TPSA) is 81.3 Å². The highest BCUT2D eigenvalue weighted by molar-refractivity contribution is 7.98. The second kappa shape index (κ2) is 6.45. The third-order valence-corrected chi connectivity index (χ3v) is 4.58. The molecule has 1 atom stereocenters. The van der Waals surface area contributed by atoms with Gasteiger partial charge < -0.3 is 9.15 Å². The molecule has 0 spiro atoms. The number of amides is 1. The standard InChI is InChI=1S/C18H16N4O3S/c1-10-8-9-14(24-10)17-22(11(2)23)13-7-5-4-6-12(13)15-16(25-17)19-18(26-3)21-20-15/h4-9,17H,1-3H3/t17-/m1/s1. The normalized spacial score (nSPS) is 15.7. The lowest BCUT2D eigenvalue weighted by molar-refractivity contribution is -0.118. The molecule has 2 aromatic heterocycles. The van der Waals surface area contributed by atoms with Gasteiger partial charge in [0.15, 0.2) is 11.5 Å². The number of rotatable bonds is 2. The number of anilines is 1. The van der Waals surface area contributed by atoms with Crippen LogP contribution in [0.25, 0.3) is 11.3 Å². The molecule has 0 unspecified atom stereocenters. The van der Waals surface area contributed by atoms with Crippen molar-refractivity contribution in [3.05, 3.63) is 47.9 Å². The minimum absolute atomic E-state index is 0.178. The van der Waals surface area contributed by atoms with Crippen molar-refractivity contribution in [3.63, 3.8) is 0 Å². The number of fused-ring (bicyclic) bond motifs is 3. The number of aromatic nitrogens is 3. The largest absolute Gasteiger partial charge is 0.460 e. The molecule has 0 aliphatic carbocycles. The van der Waals surface area contributed by atoms with E-state index in [1.807, 2.05) is 43.5 Å². The van der Waals surface area contributed by atoms with E-state index in [0.29, 0.717) is 28.2 Å². The van der Waals surface area contributed by atoms with Crippen molar-refractivity contribution in [1.29, 1.82) is 0 Å². The highest BCUT2D eigenvalue weighted by Gasteiger charge is 2.36. The van der Waals surface area contributed by atoms with Crippen molar-refractivity contribution in [1.82, 2.24) is 15.2 Å². The van der Waals surface area contributed by atoms with Crippen molar-refractivity contribution in [3.8, 4) is 17.1 Å². The predicted octanol–water partition coefficient (Wildman–Crippen LogP) is 3.61. The SMILES string of the molecule is CSc1nnc2c(n1)O[C@H](c1ccc(C)o1)N(C(C)=O)c1ccccc1-2. The summed E-state index contributed by atoms with van der Waals surface area (Å²) in [6.45, 7) is 3.33. The van der Waals surface area contributed by atoms with Crippen LogP contribution in [-0.2, 0) is 4.79 Å². The van der Waals surface area contributed by atoms with E-state index in [1.54, 1.807) is 11.0 Å². The highest BCUT2D eigenvalue weighted by Crippen LogP contribution is 2.43. The zero-order chi connectivity index (χ0) is 18.3. The number of ether oxygens (including phenoxy) is 1. The lowest BCUT2D eigenvalue weighted by atomic mass is 10.1. The van der Waals surface area contributed by atoms with Crippen LogP contribution in [0.3, 0.4) is 0 Å². The highest BCUT2D eigenvalue weighted by atomic mass is 32.2. The van der Waals surface area contributed by atoms with Gasteiger partial charge in [0.05, 0.1) is 5.69 Å². The number of hydrogen-bond donors (Lipinski definition) is 0. The summed E-state index contributed by atoms with van der Waals surface area (Å²) in [6.07, 6.45) is 1.08. The Hall–Kier alpha value is -2.87. The van der Waals surface area contributed by atoms with E-state index in [-0.39, 0.29) is 5.91 Å². The molecule has 0 N–H and O–H groups in total. The molecular weight excluding hydrogens is 352 g/mol. The molecule has 26 heavy (non-hydrogen) atoms. The number of benzene rings is 1. The molecule has 8 heteroatoms. The average Bonchev–Trinajstić information content (AvgIpc) is 3.01. The zero-order valence-electron chi connectivity index (χ0n) is 14.5. The molecule has 1 amide bonds. The molecule has 3 aromatic rings. The second-order valence-corrected chi connectivity index (χ2v) is 6.55. The van der Waals surface area contributed by atoms with Gasteiger partial charge in [0.1, 0.15) is 5.76 Å². The monoisotopic (exact) mass is 368 g/mol. The first-order chi connectivity index (χ1) is 12.6. The molecular formula is C18H16N4O3S. The molecule has 7 nitrogen and oxygen atoms in total. The minimum atomic E-state index is -0.782. The maximum Gasteiger partial charge on any atom is 0.247 e. The summed E-state index contributed by atoms with van der Waals surface area (Å²) in [5, 5.41) is 8.90. The molecule has 1 aromatic carbocycles. The van der Waals surface area contributed by atoms with E-state index < -0.39 is 6.23 Å².